The first-order valence-electron chi connectivity index (χ1n) is 10.8. The SMILES string of the molecule is CCOC(=O)c1cc2c3c(c(NS(=O)(=O)c4ccccc4[N+](=O)[O-])cc(NC(=O)C(C)C)c3n1)N=C2. The van der Waals surface area contributed by atoms with Crippen molar-refractivity contribution in [1.29, 1.82) is 0 Å². The number of carbonyl (C=O) groups excluding carboxylic acids is 2. The first-order valence-corrected chi connectivity index (χ1v) is 12.3. The Balaban J connectivity index is 1.91. The number of nitrogens with zero attached hydrogens (tertiary/aromatic N) is 3. The Morgan fingerprint density at radius 2 is 1.89 bits per heavy atom. The molecule has 12 nitrogen and oxygen atoms in total. The second kappa shape index (κ2) is 9.34. The van der Waals surface area contributed by atoms with Crippen molar-refractivity contribution < 1.29 is 27.7 Å². The van der Waals surface area contributed by atoms with E-state index in [0.29, 0.717) is 10.9 Å². The molecule has 0 aliphatic carbocycles. The molecule has 0 spiro atoms. The van der Waals surface area contributed by atoms with Gasteiger partial charge in [-0.15, -0.1) is 0 Å². The molecule has 1 amide bonds. The lowest BCUT2D eigenvalue weighted by Gasteiger charge is -2.16. The zero-order chi connectivity index (χ0) is 26.2. The third kappa shape index (κ3) is 4.47. The lowest BCUT2D eigenvalue weighted by atomic mass is 10.1. The van der Waals surface area contributed by atoms with Gasteiger partial charge in [0.1, 0.15) is 5.69 Å². The number of carbonyl (C=O) groups is 2. The van der Waals surface area contributed by atoms with Crippen molar-refractivity contribution in [3.05, 3.63) is 57.8 Å². The fourth-order valence-electron chi connectivity index (χ4n) is 3.59. The molecule has 0 saturated heterocycles. The minimum atomic E-state index is -4.43. The molecule has 0 saturated carbocycles. The molecule has 2 heterocycles. The summed E-state index contributed by atoms with van der Waals surface area (Å²) in [4.78, 5) is 43.6. The number of hydrogen-bond acceptors (Lipinski definition) is 9. The highest BCUT2D eigenvalue weighted by Gasteiger charge is 2.29. The summed E-state index contributed by atoms with van der Waals surface area (Å²) in [7, 11) is -4.43. The van der Waals surface area contributed by atoms with Gasteiger partial charge in [0.2, 0.25) is 5.91 Å². The molecule has 4 rings (SSSR count). The van der Waals surface area contributed by atoms with Crippen LogP contribution in [0.2, 0.25) is 0 Å². The Kier molecular flexibility index (Phi) is 6.41. The summed E-state index contributed by atoms with van der Waals surface area (Å²) in [5, 5.41) is 14.5. The van der Waals surface area contributed by atoms with E-state index in [0.717, 1.165) is 12.1 Å². The molecule has 0 fully saturated rings. The van der Waals surface area contributed by atoms with Crippen LogP contribution in [0.5, 0.6) is 0 Å². The molecular formula is C23H21N5O7S. The fraction of sp³-hybridized carbons (Fsp3) is 0.217. The maximum Gasteiger partial charge on any atom is 0.356 e. The van der Waals surface area contributed by atoms with Gasteiger partial charge >= 0.3 is 5.97 Å². The van der Waals surface area contributed by atoms with Crippen LogP contribution in [-0.2, 0) is 19.6 Å². The van der Waals surface area contributed by atoms with E-state index >= 15 is 0 Å². The molecule has 0 radical (unpaired) electrons. The van der Waals surface area contributed by atoms with E-state index in [1.54, 1.807) is 20.8 Å². The van der Waals surface area contributed by atoms with Gasteiger partial charge in [0.05, 0.1) is 34.1 Å². The summed E-state index contributed by atoms with van der Waals surface area (Å²) >= 11 is 0. The molecule has 1 aliphatic rings. The van der Waals surface area contributed by atoms with Crippen LogP contribution in [0.25, 0.3) is 10.9 Å². The van der Waals surface area contributed by atoms with E-state index in [9.17, 15) is 28.1 Å². The zero-order valence-electron chi connectivity index (χ0n) is 19.4. The van der Waals surface area contributed by atoms with Crippen LogP contribution >= 0.6 is 0 Å². The second-order valence-corrected chi connectivity index (χ2v) is 9.74. The number of rotatable bonds is 8. The molecule has 0 atom stereocenters. The molecule has 2 aromatic carbocycles. The third-order valence-electron chi connectivity index (χ3n) is 5.28. The summed E-state index contributed by atoms with van der Waals surface area (Å²) < 4.78 is 33.7. The predicted octanol–water partition coefficient (Wildman–Crippen LogP) is 3.78. The summed E-state index contributed by atoms with van der Waals surface area (Å²) in [5.74, 6) is -1.46. The lowest BCUT2D eigenvalue weighted by molar-refractivity contribution is -0.387. The number of nitro groups is 1. The normalized spacial score (nSPS) is 12.1. The number of aliphatic imine (C=N–C) groups is 1. The Morgan fingerprint density at radius 1 is 1.17 bits per heavy atom. The number of nitro benzene ring substituents is 1. The number of esters is 1. The number of anilines is 2. The molecule has 186 valence electrons. The van der Waals surface area contributed by atoms with Gasteiger partial charge in [-0.3, -0.25) is 24.6 Å². The highest BCUT2D eigenvalue weighted by Crippen LogP contribution is 2.44. The van der Waals surface area contributed by atoms with Crippen molar-refractivity contribution >= 4 is 61.8 Å². The Hall–Kier alpha value is -4.39. The van der Waals surface area contributed by atoms with E-state index < -0.39 is 37.4 Å². The standard InChI is InChI=1S/C23H21N5O7S/c1-4-35-23(30)16-9-13-11-24-20-15(10-14(21(25-16)19(13)20)26-22(29)12(2)3)27-36(33,34)18-8-6-5-7-17(18)28(31)32/h5-12,27H,4H2,1-3H3,(H,26,29). The quantitative estimate of drug-likeness (QED) is 0.204. The topological polar surface area (TPSA) is 170 Å². The molecule has 13 heteroatoms. The minimum absolute atomic E-state index is 0.00747. The van der Waals surface area contributed by atoms with Crippen LogP contribution in [0.3, 0.4) is 0 Å². The summed E-state index contributed by atoms with van der Waals surface area (Å²) in [6.45, 7) is 5.14. The monoisotopic (exact) mass is 511 g/mol. The average molecular weight is 512 g/mol. The van der Waals surface area contributed by atoms with Gasteiger partial charge in [-0.1, -0.05) is 26.0 Å². The van der Waals surface area contributed by atoms with Crippen LogP contribution in [0.15, 0.2) is 46.3 Å². The highest BCUT2D eigenvalue weighted by atomic mass is 32.2. The summed E-state index contributed by atoms with van der Waals surface area (Å²) in [6, 6.07) is 7.69. The number of ether oxygens (including phenoxy) is 1. The number of sulfonamides is 1. The van der Waals surface area contributed by atoms with E-state index in [-0.39, 0.29) is 40.8 Å². The van der Waals surface area contributed by atoms with Gasteiger partial charge in [0.25, 0.3) is 15.7 Å². The molecule has 2 N–H and O–H groups in total. The van der Waals surface area contributed by atoms with Gasteiger partial charge in [-0.05, 0) is 25.1 Å². The van der Waals surface area contributed by atoms with E-state index in [1.165, 1.54) is 30.5 Å². The molecule has 0 unspecified atom stereocenters. The van der Waals surface area contributed by atoms with Gasteiger partial charge in [-0.25, -0.2) is 18.2 Å². The number of hydrogen-bond donors (Lipinski definition) is 2. The van der Waals surface area contributed by atoms with Crippen LogP contribution in [-0.4, -0.2) is 43.0 Å². The van der Waals surface area contributed by atoms with Crippen LogP contribution < -0.4 is 10.0 Å². The number of aromatic nitrogens is 1. The van der Waals surface area contributed by atoms with Crippen molar-refractivity contribution in [2.24, 2.45) is 10.9 Å². The smallest absolute Gasteiger partial charge is 0.356 e. The number of nitrogens with one attached hydrogen (secondary N) is 2. The third-order valence-corrected chi connectivity index (χ3v) is 6.69. The van der Waals surface area contributed by atoms with E-state index in [1.807, 2.05) is 0 Å². The number of amides is 1. The minimum Gasteiger partial charge on any atom is -0.461 e. The van der Waals surface area contributed by atoms with Crippen molar-refractivity contribution in [1.82, 2.24) is 4.98 Å². The molecular weight excluding hydrogens is 490 g/mol. The summed E-state index contributed by atoms with van der Waals surface area (Å²) in [5.41, 5.74) is 0.363. The number of benzene rings is 2. The van der Waals surface area contributed by atoms with Crippen molar-refractivity contribution in [3.63, 3.8) is 0 Å². The Morgan fingerprint density at radius 3 is 2.56 bits per heavy atom. The van der Waals surface area contributed by atoms with E-state index in [4.69, 9.17) is 4.74 Å². The molecule has 36 heavy (non-hydrogen) atoms. The Labute approximate surface area is 205 Å². The van der Waals surface area contributed by atoms with Crippen molar-refractivity contribution in [2.75, 3.05) is 16.6 Å². The molecule has 1 aromatic heterocycles. The zero-order valence-corrected chi connectivity index (χ0v) is 20.3. The average Bonchev–Trinajstić information content (AvgIpc) is 3.26. The van der Waals surface area contributed by atoms with Crippen LogP contribution in [0.4, 0.5) is 22.7 Å². The predicted molar refractivity (Wildman–Crippen MR) is 132 cm³/mol. The lowest BCUT2D eigenvalue weighted by Crippen LogP contribution is -2.19. The van der Waals surface area contributed by atoms with Crippen molar-refractivity contribution in [2.45, 2.75) is 25.7 Å². The number of pyridine rings is 1. The van der Waals surface area contributed by atoms with Gasteiger partial charge in [0, 0.05) is 29.1 Å². The highest BCUT2D eigenvalue weighted by molar-refractivity contribution is 7.92. The fourth-order valence-corrected chi connectivity index (χ4v) is 4.82. The summed E-state index contributed by atoms with van der Waals surface area (Å²) in [6.07, 6.45) is 1.43. The van der Waals surface area contributed by atoms with Gasteiger partial charge in [-0.2, -0.15) is 0 Å². The first-order chi connectivity index (χ1) is 17.0. The van der Waals surface area contributed by atoms with Gasteiger partial charge < -0.3 is 10.1 Å². The Bertz CT molecular complexity index is 1560. The maximum atomic E-state index is 13.2. The number of para-hydroxylation sites is 1. The molecule has 3 aromatic rings. The van der Waals surface area contributed by atoms with Crippen LogP contribution in [0, 0.1) is 16.0 Å². The maximum absolute atomic E-state index is 13.2. The van der Waals surface area contributed by atoms with Gasteiger partial charge in [0.15, 0.2) is 4.90 Å². The van der Waals surface area contributed by atoms with Crippen molar-refractivity contribution in [3.8, 4) is 0 Å². The van der Waals surface area contributed by atoms with Crippen LogP contribution in [0.1, 0.15) is 36.8 Å². The van der Waals surface area contributed by atoms with E-state index in [2.05, 4.69) is 20.0 Å². The second-order valence-electron chi connectivity index (χ2n) is 8.09. The molecule has 1 aliphatic heterocycles. The largest absolute Gasteiger partial charge is 0.461 e. The first kappa shape index (κ1) is 24.7. The molecule has 0 bridgehead atoms.